The maximum atomic E-state index is 12.1. The molecule has 0 unspecified atom stereocenters. The number of aliphatic hydroxyl groups is 1. The molecule has 2 fully saturated rings. The maximum Gasteiger partial charge on any atom is 0.303 e. The van der Waals surface area contributed by atoms with Crippen LogP contribution in [0.2, 0.25) is 0 Å². The van der Waals surface area contributed by atoms with E-state index in [4.69, 9.17) is 14.6 Å². The normalized spacial score (nSPS) is 24.5. The number of ether oxygens (including phenoxy) is 2. The summed E-state index contributed by atoms with van der Waals surface area (Å²) in [6.45, 7) is 5.23. The first-order chi connectivity index (χ1) is 17.9. The Balaban J connectivity index is 1.47. The van der Waals surface area contributed by atoms with Crippen LogP contribution in [0.5, 0.6) is 0 Å². The number of benzene rings is 2. The molecular formula is C29H38N2O6. The molecule has 37 heavy (non-hydrogen) atoms. The number of piperidine rings is 1. The van der Waals surface area contributed by atoms with Crippen molar-refractivity contribution in [3.8, 4) is 0 Å². The summed E-state index contributed by atoms with van der Waals surface area (Å²) in [5.74, 6) is -0.969. The summed E-state index contributed by atoms with van der Waals surface area (Å²) in [4.78, 5) is 25.3. The zero-order valence-electron chi connectivity index (χ0n) is 21.5. The molecule has 2 aromatic carbocycles. The molecule has 3 N–H and O–H groups in total. The Morgan fingerprint density at radius 3 is 2.27 bits per heavy atom. The van der Waals surface area contributed by atoms with Crippen LogP contribution in [0.25, 0.3) is 0 Å². The minimum absolute atomic E-state index is 0.00650. The number of hydrogen-bond acceptors (Lipinski definition) is 6. The van der Waals surface area contributed by atoms with Crippen molar-refractivity contribution in [2.75, 3.05) is 25.0 Å². The number of amides is 1. The summed E-state index contributed by atoms with van der Waals surface area (Å²) < 4.78 is 13.0. The molecule has 0 aromatic heterocycles. The van der Waals surface area contributed by atoms with Crippen molar-refractivity contribution in [3.05, 3.63) is 65.2 Å². The lowest BCUT2D eigenvalue weighted by molar-refractivity contribution is -0.276. The Morgan fingerprint density at radius 2 is 1.62 bits per heavy atom. The van der Waals surface area contributed by atoms with Gasteiger partial charge in [0, 0.05) is 36.6 Å². The number of carbonyl (C=O) groups excluding carboxylic acids is 1. The first-order valence-corrected chi connectivity index (χ1v) is 13.3. The number of hydrogen-bond donors (Lipinski definition) is 3. The summed E-state index contributed by atoms with van der Waals surface area (Å²) in [5.41, 5.74) is 3.45. The number of likely N-dealkylation sites (tertiary alicyclic amines) is 1. The molecule has 0 saturated carbocycles. The van der Waals surface area contributed by atoms with E-state index in [1.807, 2.05) is 48.5 Å². The van der Waals surface area contributed by atoms with Gasteiger partial charge in [-0.25, -0.2) is 0 Å². The van der Waals surface area contributed by atoms with Crippen molar-refractivity contribution in [2.45, 2.75) is 70.6 Å². The van der Waals surface area contributed by atoms with E-state index >= 15 is 0 Å². The Morgan fingerprint density at radius 1 is 0.946 bits per heavy atom. The second-order valence-corrected chi connectivity index (χ2v) is 10.1. The third-order valence-electron chi connectivity index (χ3n) is 7.27. The van der Waals surface area contributed by atoms with Crippen LogP contribution in [0.4, 0.5) is 5.69 Å². The van der Waals surface area contributed by atoms with Crippen LogP contribution in [-0.2, 0) is 25.7 Å². The van der Waals surface area contributed by atoms with E-state index < -0.39 is 12.3 Å². The first-order valence-electron chi connectivity index (χ1n) is 13.3. The number of carbonyl (C=O) groups is 2. The van der Waals surface area contributed by atoms with Gasteiger partial charge in [-0.1, -0.05) is 49.7 Å². The maximum absolute atomic E-state index is 12.1. The van der Waals surface area contributed by atoms with Crippen LogP contribution < -0.4 is 5.32 Å². The molecule has 4 rings (SSSR count). The molecule has 0 aliphatic carbocycles. The second kappa shape index (κ2) is 13.1. The van der Waals surface area contributed by atoms with Gasteiger partial charge in [0.05, 0.1) is 18.8 Å². The quantitative estimate of drug-likeness (QED) is 0.427. The van der Waals surface area contributed by atoms with Gasteiger partial charge >= 0.3 is 5.97 Å². The Bertz CT molecular complexity index is 1020. The average Bonchev–Trinajstić information content (AvgIpc) is 2.91. The number of aliphatic hydroxyl groups excluding tert-OH is 1. The molecule has 4 atom stereocenters. The monoisotopic (exact) mass is 510 g/mol. The van der Waals surface area contributed by atoms with E-state index in [1.165, 1.54) is 19.3 Å². The van der Waals surface area contributed by atoms with Crippen molar-refractivity contribution < 1.29 is 29.3 Å². The van der Waals surface area contributed by atoms with Gasteiger partial charge in [0.2, 0.25) is 5.91 Å². The standard InChI is InChI=1S/C29H38N2O6/c1-20-25(18-31-16-3-2-4-17-31)36-29(37-28(20)22-10-8-21(19-32)9-11-22)23-12-14-24(15-13-23)30-26(33)6-5-7-27(34)35/h8-15,20,25,28-29,32H,2-7,16-19H2,1H3,(H,30,33)(H,34,35)/t20-,25+,28+,29+/m0/s1. The Kier molecular flexibility index (Phi) is 9.68. The molecule has 8 nitrogen and oxygen atoms in total. The predicted octanol–water partition coefficient (Wildman–Crippen LogP) is 4.65. The zero-order valence-corrected chi connectivity index (χ0v) is 21.5. The van der Waals surface area contributed by atoms with Crippen LogP contribution in [0.15, 0.2) is 48.5 Å². The molecule has 200 valence electrons. The fourth-order valence-electron chi connectivity index (χ4n) is 5.07. The van der Waals surface area contributed by atoms with Crippen LogP contribution in [-0.4, -0.2) is 52.7 Å². The Hall–Kier alpha value is -2.78. The van der Waals surface area contributed by atoms with E-state index in [9.17, 15) is 14.7 Å². The zero-order chi connectivity index (χ0) is 26.2. The van der Waals surface area contributed by atoms with Crippen LogP contribution in [0.1, 0.15) is 74.5 Å². The summed E-state index contributed by atoms with van der Waals surface area (Å²) in [6.07, 6.45) is 3.45. The van der Waals surface area contributed by atoms with E-state index in [0.29, 0.717) is 12.1 Å². The highest BCUT2D eigenvalue weighted by atomic mass is 16.7. The molecule has 0 bridgehead atoms. The topological polar surface area (TPSA) is 108 Å². The van der Waals surface area contributed by atoms with Gasteiger partial charge in [0.1, 0.15) is 0 Å². The third-order valence-corrected chi connectivity index (χ3v) is 7.27. The van der Waals surface area contributed by atoms with Crippen molar-refractivity contribution in [1.29, 1.82) is 0 Å². The lowest BCUT2D eigenvalue weighted by atomic mass is 9.89. The molecule has 0 radical (unpaired) electrons. The summed E-state index contributed by atoms with van der Waals surface area (Å²) >= 11 is 0. The average molecular weight is 511 g/mol. The lowest BCUT2D eigenvalue weighted by Gasteiger charge is -2.43. The fraction of sp³-hybridized carbons (Fsp3) is 0.517. The van der Waals surface area contributed by atoms with E-state index in [2.05, 4.69) is 17.1 Å². The second-order valence-electron chi connectivity index (χ2n) is 10.1. The molecule has 0 spiro atoms. The van der Waals surface area contributed by atoms with E-state index in [1.54, 1.807) is 0 Å². The smallest absolute Gasteiger partial charge is 0.303 e. The lowest BCUT2D eigenvalue weighted by Crippen LogP contribution is -2.45. The molecule has 2 heterocycles. The predicted molar refractivity (Wildman–Crippen MR) is 140 cm³/mol. The van der Waals surface area contributed by atoms with Crippen LogP contribution in [0.3, 0.4) is 0 Å². The van der Waals surface area contributed by atoms with Crippen molar-refractivity contribution in [1.82, 2.24) is 4.90 Å². The first kappa shape index (κ1) is 27.3. The van der Waals surface area contributed by atoms with Gasteiger partial charge in [-0.2, -0.15) is 0 Å². The number of carboxylic acid groups (broad SMARTS) is 1. The van der Waals surface area contributed by atoms with Crippen molar-refractivity contribution in [2.24, 2.45) is 5.92 Å². The van der Waals surface area contributed by atoms with Crippen LogP contribution >= 0.6 is 0 Å². The molecule has 2 aliphatic heterocycles. The summed E-state index contributed by atoms with van der Waals surface area (Å²) in [5, 5.41) is 21.0. The van der Waals surface area contributed by atoms with Gasteiger partial charge in [0.15, 0.2) is 6.29 Å². The van der Waals surface area contributed by atoms with E-state index in [-0.39, 0.29) is 43.5 Å². The number of carboxylic acids is 1. The van der Waals surface area contributed by atoms with Gasteiger partial charge in [0.25, 0.3) is 0 Å². The van der Waals surface area contributed by atoms with Gasteiger partial charge in [-0.05, 0) is 55.6 Å². The van der Waals surface area contributed by atoms with Gasteiger partial charge in [-0.3, -0.25) is 9.59 Å². The number of rotatable bonds is 10. The van der Waals surface area contributed by atoms with Gasteiger partial charge < -0.3 is 29.9 Å². The minimum Gasteiger partial charge on any atom is -0.481 e. The van der Waals surface area contributed by atoms with Crippen molar-refractivity contribution >= 4 is 17.6 Å². The van der Waals surface area contributed by atoms with Crippen LogP contribution in [0, 0.1) is 5.92 Å². The van der Waals surface area contributed by atoms with Gasteiger partial charge in [-0.15, -0.1) is 0 Å². The highest BCUT2D eigenvalue weighted by Crippen LogP contribution is 2.42. The SMILES string of the molecule is C[C@H]1[C@@H](CN2CCCCC2)O[C@@H](c2ccc(NC(=O)CCCC(=O)O)cc2)O[C@H]1c1ccc(CO)cc1. The fourth-order valence-corrected chi connectivity index (χ4v) is 5.07. The number of aliphatic carboxylic acids is 1. The molecule has 8 heteroatoms. The molecule has 2 aromatic rings. The highest BCUT2D eigenvalue weighted by Gasteiger charge is 2.39. The molecule has 2 aliphatic rings. The highest BCUT2D eigenvalue weighted by molar-refractivity contribution is 5.90. The van der Waals surface area contributed by atoms with E-state index in [0.717, 1.165) is 36.3 Å². The third kappa shape index (κ3) is 7.61. The summed E-state index contributed by atoms with van der Waals surface area (Å²) in [6, 6.07) is 15.4. The Labute approximate surface area is 218 Å². The molecule has 2 saturated heterocycles. The number of nitrogens with one attached hydrogen (secondary N) is 1. The summed E-state index contributed by atoms with van der Waals surface area (Å²) in [7, 11) is 0. The largest absolute Gasteiger partial charge is 0.481 e. The molecular weight excluding hydrogens is 472 g/mol. The minimum atomic E-state index is -0.903. The number of nitrogens with zero attached hydrogens (tertiary/aromatic N) is 1. The van der Waals surface area contributed by atoms with Crippen molar-refractivity contribution in [3.63, 3.8) is 0 Å². The molecule has 1 amide bonds. The number of anilines is 1.